The van der Waals surface area contributed by atoms with Crippen LogP contribution in [-0.4, -0.2) is 31.2 Å². The number of nitrogens with one attached hydrogen (secondary N) is 1. The van der Waals surface area contributed by atoms with E-state index in [9.17, 15) is 14.4 Å². The average molecular weight is 470 g/mol. The molecule has 34 heavy (non-hydrogen) atoms. The van der Waals surface area contributed by atoms with E-state index in [4.69, 9.17) is 4.74 Å². The summed E-state index contributed by atoms with van der Waals surface area (Å²) in [7, 11) is 3.02. The van der Waals surface area contributed by atoms with Crippen molar-refractivity contribution in [2.75, 3.05) is 11.9 Å². The number of unbranched alkanes of at least 4 members (excludes halogenated alkanes) is 1. The number of amides is 1. The van der Waals surface area contributed by atoms with Crippen molar-refractivity contribution in [1.82, 2.24) is 18.7 Å². The Balaban J connectivity index is 1.74. The second kappa shape index (κ2) is 11.2. The molecule has 1 unspecified atom stereocenters. The number of benzene rings is 1. The van der Waals surface area contributed by atoms with Crippen LogP contribution in [-0.2, 0) is 25.4 Å². The Labute approximate surface area is 199 Å². The van der Waals surface area contributed by atoms with E-state index < -0.39 is 11.2 Å². The largest absolute Gasteiger partial charge is 0.465 e. The number of hydrogen-bond acceptors (Lipinski definition) is 5. The molecular formula is C25H35N5O4. The van der Waals surface area contributed by atoms with Gasteiger partial charge in [-0.1, -0.05) is 39.3 Å². The molecule has 9 heteroatoms. The Kier molecular flexibility index (Phi) is 8.31. The van der Waals surface area contributed by atoms with E-state index in [-0.39, 0.29) is 18.0 Å². The van der Waals surface area contributed by atoms with E-state index in [1.165, 1.54) is 17.2 Å². The third kappa shape index (κ3) is 5.40. The van der Waals surface area contributed by atoms with Crippen molar-refractivity contribution in [2.24, 2.45) is 14.1 Å². The number of aromatic nitrogens is 4. The molecule has 0 bridgehead atoms. The number of hydrogen-bond donors (Lipinski definition) is 1. The molecule has 0 saturated carbocycles. The van der Waals surface area contributed by atoms with Crippen molar-refractivity contribution in [3.8, 4) is 6.01 Å². The third-order valence-corrected chi connectivity index (χ3v) is 6.20. The highest BCUT2D eigenvalue weighted by Gasteiger charge is 2.20. The Hall–Kier alpha value is -3.36. The highest BCUT2D eigenvalue weighted by Crippen LogP contribution is 2.21. The molecule has 0 saturated heterocycles. The first-order chi connectivity index (χ1) is 16.3. The molecule has 0 aliphatic carbocycles. The summed E-state index contributed by atoms with van der Waals surface area (Å²) in [6.07, 6.45) is 3.62. The number of rotatable bonds is 11. The zero-order valence-electron chi connectivity index (χ0n) is 20.8. The Morgan fingerprint density at radius 1 is 1.09 bits per heavy atom. The molecule has 3 aromatic rings. The van der Waals surface area contributed by atoms with Crippen LogP contribution in [0.15, 0.2) is 33.9 Å². The minimum Gasteiger partial charge on any atom is -0.465 e. The molecule has 184 valence electrons. The normalized spacial score (nSPS) is 12.1. The quantitative estimate of drug-likeness (QED) is 0.433. The Morgan fingerprint density at radius 2 is 1.79 bits per heavy atom. The summed E-state index contributed by atoms with van der Waals surface area (Å²) in [5, 5.41) is 2.93. The standard InChI is InChI=1S/C25H35N5O4/c1-6-8-16-34-24-27-22-21(23(32)29(5)25(33)28(22)4)30(24)15-9-10-20(31)26-19-13-11-18(12-14-19)17(3)7-2/h11-14,17H,6-10,15-16H2,1-5H3,(H,26,31). The molecule has 0 aliphatic heterocycles. The average Bonchev–Trinajstić information content (AvgIpc) is 3.20. The van der Waals surface area contributed by atoms with Gasteiger partial charge in [0.1, 0.15) is 0 Å². The fourth-order valence-corrected chi connectivity index (χ4v) is 3.80. The number of carbonyl (C=O) groups excluding carboxylic acids is 1. The fraction of sp³-hybridized carbons (Fsp3) is 0.520. The Bertz CT molecular complexity index is 1250. The van der Waals surface area contributed by atoms with Gasteiger partial charge in [-0.15, -0.1) is 0 Å². The summed E-state index contributed by atoms with van der Waals surface area (Å²) in [6, 6.07) is 8.23. The lowest BCUT2D eigenvalue weighted by Crippen LogP contribution is -2.37. The number of nitrogens with zero attached hydrogens (tertiary/aromatic N) is 4. The van der Waals surface area contributed by atoms with Crippen LogP contribution in [0, 0.1) is 0 Å². The van der Waals surface area contributed by atoms with E-state index in [2.05, 4.69) is 31.1 Å². The van der Waals surface area contributed by atoms with Crippen LogP contribution in [0.5, 0.6) is 6.01 Å². The minimum atomic E-state index is -0.444. The van der Waals surface area contributed by atoms with Gasteiger partial charge in [-0.25, -0.2) is 4.79 Å². The van der Waals surface area contributed by atoms with Crippen molar-refractivity contribution in [2.45, 2.75) is 65.3 Å². The minimum absolute atomic E-state index is 0.102. The summed E-state index contributed by atoms with van der Waals surface area (Å²) in [4.78, 5) is 42.1. The van der Waals surface area contributed by atoms with Crippen molar-refractivity contribution < 1.29 is 9.53 Å². The summed E-state index contributed by atoms with van der Waals surface area (Å²) in [5.74, 6) is 0.380. The fourth-order valence-electron chi connectivity index (χ4n) is 3.80. The lowest BCUT2D eigenvalue weighted by atomic mass is 9.99. The van der Waals surface area contributed by atoms with Gasteiger partial charge in [-0.05, 0) is 42.9 Å². The summed E-state index contributed by atoms with van der Waals surface area (Å²) in [5.41, 5.74) is 1.72. The van der Waals surface area contributed by atoms with Crippen molar-refractivity contribution in [3.63, 3.8) is 0 Å². The van der Waals surface area contributed by atoms with E-state index in [1.807, 2.05) is 24.3 Å². The van der Waals surface area contributed by atoms with Gasteiger partial charge < -0.3 is 10.1 Å². The van der Waals surface area contributed by atoms with E-state index >= 15 is 0 Å². The molecule has 1 amide bonds. The first kappa shape index (κ1) is 25.3. The summed E-state index contributed by atoms with van der Waals surface area (Å²) in [6.45, 7) is 7.22. The molecule has 9 nitrogen and oxygen atoms in total. The molecular weight excluding hydrogens is 434 g/mol. The maximum Gasteiger partial charge on any atom is 0.332 e. The van der Waals surface area contributed by atoms with Gasteiger partial charge >= 0.3 is 5.69 Å². The van der Waals surface area contributed by atoms with Gasteiger partial charge in [0.25, 0.3) is 11.6 Å². The number of imidazole rings is 1. The molecule has 0 radical (unpaired) electrons. The zero-order chi connectivity index (χ0) is 24.8. The highest BCUT2D eigenvalue weighted by atomic mass is 16.5. The van der Waals surface area contributed by atoms with Crippen LogP contribution in [0.2, 0.25) is 0 Å². The van der Waals surface area contributed by atoms with Crippen LogP contribution >= 0.6 is 0 Å². The van der Waals surface area contributed by atoms with Crippen LogP contribution < -0.4 is 21.3 Å². The van der Waals surface area contributed by atoms with E-state index in [0.29, 0.717) is 37.0 Å². The molecule has 1 N–H and O–H groups in total. The van der Waals surface area contributed by atoms with Crippen molar-refractivity contribution in [1.29, 1.82) is 0 Å². The molecule has 0 fully saturated rings. The van der Waals surface area contributed by atoms with Gasteiger partial charge in [0.2, 0.25) is 5.91 Å². The predicted octanol–water partition coefficient (Wildman–Crippen LogP) is 3.55. The van der Waals surface area contributed by atoms with E-state index in [0.717, 1.165) is 29.5 Å². The molecule has 1 aromatic carbocycles. The monoisotopic (exact) mass is 469 g/mol. The summed E-state index contributed by atoms with van der Waals surface area (Å²) < 4.78 is 9.92. The lowest BCUT2D eigenvalue weighted by Gasteiger charge is -2.11. The first-order valence-corrected chi connectivity index (χ1v) is 12.0. The van der Waals surface area contributed by atoms with Gasteiger partial charge in [-0.2, -0.15) is 4.98 Å². The number of ether oxygens (including phenoxy) is 1. The predicted molar refractivity (Wildman–Crippen MR) is 134 cm³/mol. The van der Waals surface area contributed by atoms with Gasteiger partial charge in [0, 0.05) is 32.7 Å². The van der Waals surface area contributed by atoms with Gasteiger partial charge in [0.05, 0.1) is 6.61 Å². The molecule has 2 aromatic heterocycles. The second-order valence-corrected chi connectivity index (χ2v) is 8.71. The Morgan fingerprint density at radius 3 is 2.44 bits per heavy atom. The third-order valence-electron chi connectivity index (χ3n) is 6.20. The maximum atomic E-state index is 12.9. The number of carbonyl (C=O) groups is 1. The SMILES string of the molecule is CCCCOc1nc2c(c(=O)n(C)c(=O)n2C)n1CCCC(=O)Nc1ccc(C(C)CC)cc1. The van der Waals surface area contributed by atoms with Crippen LogP contribution in [0.25, 0.3) is 11.2 Å². The van der Waals surface area contributed by atoms with Crippen molar-refractivity contribution >= 4 is 22.8 Å². The number of aryl methyl sites for hydroxylation is 2. The van der Waals surface area contributed by atoms with Crippen LogP contribution in [0.1, 0.15) is 64.4 Å². The highest BCUT2D eigenvalue weighted by molar-refractivity contribution is 5.90. The van der Waals surface area contributed by atoms with E-state index in [1.54, 1.807) is 11.6 Å². The molecule has 3 rings (SSSR count). The molecule has 0 spiro atoms. The van der Waals surface area contributed by atoms with Crippen LogP contribution in [0.3, 0.4) is 0 Å². The first-order valence-electron chi connectivity index (χ1n) is 12.0. The number of anilines is 1. The maximum absolute atomic E-state index is 12.9. The lowest BCUT2D eigenvalue weighted by molar-refractivity contribution is -0.116. The molecule has 2 heterocycles. The summed E-state index contributed by atoms with van der Waals surface area (Å²) >= 11 is 0. The van der Waals surface area contributed by atoms with Crippen LogP contribution in [0.4, 0.5) is 5.69 Å². The van der Waals surface area contributed by atoms with Gasteiger partial charge in [-0.3, -0.25) is 23.3 Å². The molecule has 0 aliphatic rings. The zero-order valence-corrected chi connectivity index (χ0v) is 20.8. The second-order valence-electron chi connectivity index (χ2n) is 8.71. The molecule has 1 atom stereocenters. The van der Waals surface area contributed by atoms with Crippen molar-refractivity contribution in [3.05, 3.63) is 50.7 Å². The smallest absolute Gasteiger partial charge is 0.332 e. The topological polar surface area (TPSA) is 100 Å². The number of fused-ring (bicyclic) bond motifs is 1. The van der Waals surface area contributed by atoms with Gasteiger partial charge in [0.15, 0.2) is 11.2 Å².